The summed E-state index contributed by atoms with van der Waals surface area (Å²) in [6, 6.07) is 6.45. The Kier molecular flexibility index (Phi) is 4.43. The minimum absolute atomic E-state index is 0.184. The molecule has 1 aliphatic heterocycles. The van der Waals surface area contributed by atoms with E-state index in [1.807, 2.05) is 0 Å². The van der Waals surface area contributed by atoms with Crippen LogP contribution in [0.3, 0.4) is 0 Å². The van der Waals surface area contributed by atoms with Gasteiger partial charge in [0.2, 0.25) is 5.91 Å². The Labute approximate surface area is 114 Å². The minimum atomic E-state index is -0.184. The molecule has 1 aromatic carbocycles. The van der Waals surface area contributed by atoms with Crippen LogP contribution in [0.4, 0.5) is 5.69 Å². The molecule has 0 atom stereocenters. The van der Waals surface area contributed by atoms with Gasteiger partial charge in [0.05, 0.1) is 0 Å². The Hall–Kier alpha value is -1.55. The average molecular weight is 261 g/mol. The summed E-state index contributed by atoms with van der Waals surface area (Å²) in [6.07, 6.45) is 2.58. The van der Waals surface area contributed by atoms with E-state index in [0.29, 0.717) is 18.9 Å². The molecule has 0 radical (unpaired) electrons. The van der Waals surface area contributed by atoms with E-state index in [1.165, 1.54) is 16.8 Å². The molecule has 1 aliphatic rings. The highest BCUT2D eigenvalue weighted by Crippen LogP contribution is 2.28. The third-order valence-electron chi connectivity index (χ3n) is 3.90. The van der Waals surface area contributed by atoms with E-state index in [9.17, 15) is 4.79 Å². The largest absolute Gasteiger partial charge is 0.371 e. The highest BCUT2D eigenvalue weighted by Gasteiger charge is 2.21. The number of hydrogen-bond donors (Lipinski definition) is 2. The van der Waals surface area contributed by atoms with Crippen molar-refractivity contribution in [1.82, 2.24) is 0 Å². The van der Waals surface area contributed by atoms with E-state index in [0.717, 1.165) is 25.9 Å². The summed E-state index contributed by atoms with van der Waals surface area (Å²) < 4.78 is 0. The second-order valence-electron chi connectivity index (χ2n) is 5.44. The lowest BCUT2D eigenvalue weighted by atomic mass is 9.92. The zero-order chi connectivity index (χ0) is 13.8. The van der Waals surface area contributed by atoms with Crippen LogP contribution in [0.25, 0.3) is 0 Å². The highest BCUT2D eigenvalue weighted by atomic mass is 16.1. The molecular weight excluding hydrogens is 238 g/mol. The van der Waals surface area contributed by atoms with E-state index >= 15 is 0 Å². The van der Waals surface area contributed by atoms with Crippen LogP contribution in [-0.4, -0.2) is 19.0 Å². The first kappa shape index (κ1) is 13.9. The van der Waals surface area contributed by atoms with Crippen molar-refractivity contribution in [1.29, 1.82) is 0 Å². The van der Waals surface area contributed by atoms with E-state index < -0.39 is 0 Å². The Bertz CT molecular complexity index is 451. The number of piperidine rings is 1. The minimum Gasteiger partial charge on any atom is -0.371 e. The molecule has 0 aromatic heterocycles. The molecular formula is C15H23N3O. The summed E-state index contributed by atoms with van der Waals surface area (Å²) in [7, 11) is 0. The van der Waals surface area contributed by atoms with Gasteiger partial charge in [-0.05, 0) is 37.3 Å². The summed E-state index contributed by atoms with van der Waals surface area (Å²) in [5.41, 5.74) is 14.8. The quantitative estimate of drug-likeness (QED) is 0.863. The lowest BCUT2D eigenvalue weighted by Gasteiger charge is -2.34. The van der Waals surface area contributed by atoms with Crippen molar-refractivity contribution < 1.29 is 4.79 Å². The summed E-state index contributed by atoms with van der Waals surface area (Å²) in [5, 5.41) is 0. The van der Waals surface area contributed by atoms with Gasteiger partial charge in [-0.15, -0.1) is 0 Å². The van der Waals surface area contributed by atoms with Gasteiger partial charge < -0.3 is 16.4 Å². The molecule has 4 nitrogen and oxygen atoms in total. The van der Waals surface area contributed by atoms with Crippen molar-refractivity contribution in [3.8, 4) is 0 Å². The van der Waals surface area contributed by atoms with Gasteiger partial charge in [0, 0.05) is 31.7 Å². The van der Waals surface area contributed by atoms with Gasteiger partial charge in [0.15, 0.2) is 0 Å². The number of nitrogens with two attached hydrogens (primary N) is 2. The lowest BCUT2D eigenvalue weighted by molar-refractivity contribution is -0.119. The summed E-state index contributed by atoms with van der Waals surface area (Å²) in [6.45, 7) is 4.61. The second kappa shape index (κ2) is 6.06. The number of hydrogen-bond acceptors (Lipinski definition) is 3. The average Bonchev–Trinajstić information content (AvgIpc) is 2.39. The van der Waals surface area contributed by atoms with Crippen LogP contribution in [0.2, 0.25) is 0 Å². The smallest absolute Gasteiger partial charge is 0.217 e. The number of benzene rings is 1. The third-order valence-corrected chi connectivity index (χ3v) is 3.90. The Morgan fingerprint density at radius 2 is 2.05 bits per heavy atom. The fourth-order valence-corrected chi connectivity index (χ4v) is 2.85. The normalized spacial score (nSPS) is 16.6. The third kappa shape index (κ3) is 3.47. The molecule has 4 heteroatoms. The Balaban J connectivity index is 2.03. The molecule has 0 saturated carbocycles. The molecule has 0 aliphatic carbocycles. The van der Waals surface area contributed by atoms with Crippen molar-refractivity contribution in [2.24, 2.45) is 17.4 Å². The van der Waals surface area contributed by atoms with E-state index in [1.54, 1.807) is 0 Å². The standard InChI is InChI=1S/C15H23N3O/c1-11-2-3-14(13(8-11)10-16)18-6-4-12(5-7-18)9-15(17)19/h2-3,8,12H,4-7,9-10,16H2,1H3,(H2,17,19). The Morgan fingerprint density at radius 3 is 2.63 bits per heavy atom. The second-order valence-corrected chi connectivity index (χ2v) is 5.44. The fourth-order valence-electron chi connectivity index (χ4n) is 2.85. The molecule has 1 saturated heterocycles. The number of carbonyl (C=O) groups is 1. The van der Waals surface area contributed by atoms with Crippen molar-refractivity contribution in [2.45, 2.75) is 32.7 Å². The summed E-state index contributed by atoms with van der Waals surface area (Å²) in [4.78, 5) is 13.3. The van der Waals surface area contributed by atoms with Crippen LogP contribution < -0.4 is 16.4 Å². The van der Waals surface area contributed by atoms with Crippen LogP contribution in [0, 0.1) is 12.8 Å². The predicted octanol–water partition coefficient (Wildman–Crippen LogP) is 1.55. The van der Waals surface area contributed by atoms with Gasteiger partial charge in [-0.2, -0.15) is 0 Å². The zero-order valence-corrected chi connectivity index (χ0v) is 11.6. The number of rotatable bonds is 4. The highest BCUT2D eigenvalue weighted by molar-refractivity contribution is 5.74. The molecule has 104 valence electrons. The zero-order valence-electron chi connectivity index (χ0n) is 11.6. The molecule has 19 heavy (non-hydrogen) atoms. The first-order valence-electron chi connectivity index (χ1n) is 6.93. The summed E-state index contributed by atoms with van der Waals surface area (Å²) in [5.74, 6) is 0.261. The maximum absolute atomic E-state index is 10.9. The molecule has 0 spiro atoms. The van der Waals surface area contributed by atoms with Crippen molar-refractivity contribution >= 4 is 11.6 Å². The first-order valence-corrected chi connectivity index (χ1v) is 6.93. The monoisotopic (exact) mass is 261 g/mol. The maximum Gasteiger partial charge on any atom is 0.217 e. The fraction of sp³-hybridized carbons (Fsp3) is 0.533. The van der Waals surface area contributed by atoms with Crippen LogP contribution in [-0.2, 0) is 11.3 Å². The van der Waals surface area contributed by atoms with E-state index in [-0.39, 0.29) is 5.91 Å². The van der Waals surface area contributed by atoms with Gasteiger partial charge in [-0.1, -0.05) is 17.7 Å². The molecule has 1 aromatic rings. The van der Waals surface area contributed by atoms with E-state index in [4.69, 9.17) is 11.5 Å². The topological polar surface area (TPSA) is 72.3 Å². The lowest BCUT2D eigenvalue weighted by Crippen LogP contribution is -2.35. The maximum atomic E-state index is 10.9. The molecule has 2 rings (SSSR count). The van der Waals surface area contributed by atoms with Gasteiger partial charge in [0.1, 0.15) is 0 Å². The number of nitrogens with zero attached hydrogens (tertiary/aromatic N) is 1. The number of aryl methyl sites for hydroxylation is 1. The SMILES string of the molecule is Cc1ccc(N2CCC(CC(N)=O)CC2)c(CN)c1. The number of amides is 1. The van der Waals surface area contributed by atoms with Crippen LogP contribution in [0.5, 0.6) is 0 Å². The molecule has 0 unspecified atom stereocenters. The first-order chi connectivity index (χ1) is 9.10. The molecule has 1 heterocycles. The van der Waals surface area contributed by atoms with Crippen molar-refractivity contribution in [3.63, 3.8) is 0 Å². The molecule has 4 N–H and O–H groups in total. The van der Waals surface area contributed by atoms with Gasteiger partial charge in [-0.3, -0.25) is 4.79 Å². The number of anilines is 1. The molecule has 1 amide bonds. The van der Waals surface area contributed by atoms with Crippen molar-refractivity contribution in [3.05, 3.63) is 29.3 Å². The van der Waals surface area contributed by atoms with Crippen molar-refractivity contribution in [2.75, 3.05) is 18.0 Å². The number of carbonyl (C=O) groups excluding carboxylic acids is 1. The summed E-state index contributed by atoms with van der Waals surface area (Å²) >= 11 is 0. The molecule has 0 bridgehead atoms. The van der Waals surface area contributed by atoms with Gasteiger partial charge in [0.25, 0.3) is 0 Å². The number of primary amides is 1. The van der Waals surface area contributed by atoms with Crippen LogP contribution >= 0.6 is 0 Å². The molecule has 1 fully saturated rings. The van der Waals surface area contributed by atoms with Gasteiger partial charge in [-0.25, -0.2) is 0 Å². The predicted molar refractivity (Wildman–Crippen MR) is 77.8 cm³/mol. The van der Waals surface area contributed by atoms with Gasteiger partial charge >= 0.3 is 0 Å². The Morgan fingerprint density at radius 1 is 1.37 bits per heavy atom. The van der Waals surface area contributed by atoms with E-state index in [2.05, 4.69) is 30.0 Å². The van der Waals surface area contributed by atoms with Crippen LogP contribution in [0.1, 0.15) is 30.4 Å². The van der Waals surface area contributed by atoms with Crippen LogP contribution in [0.15, 0.2) is 18.2 Å².